The Hall–Kier alpha value is -2.02. The first-order chi connectivity index (χ1) is 11.0. The molecule has 0 radical (unpaired) electrons. The van der Waals surface area contributed by atoms with E-state index in [4.69, 9.17) is 9.47 Å². The summed E-state index contributed by atoms with van der Waals surface area (Å²) in [5.74, 6) is -0.329. The maximum Gasteiger partial charge on any atom is 0.290 e. The summed E-state index contributed by atoms with van der Waals surface area (Å²) in [5, 5.41) is 10.6. The van der Waals surface area contributed by atoms with Gasteiger partial charge in [-0.2, -0.15) is 0 Å². The Kier molecular flexibility index (Phi) is 5.30. The van der Waals surface area contributed by atoms with Gasteiger partial charge in [0.2, 0.25) is 0 Å². The first kappa shape index (κ1) is 17.3. The van der Waals surface area contributed by atoms with Crippen molar-refractivity contribution in [1.82, 2.24) is 4.90 Å². The number of nitrogens with zero attached hydrogens (tertiary/aromatic N) is 1. The highest BCUT2D eigenvalue weighted by atomic mass is 79.9. The van der Waals surface area contributed by atoms with Gasteiger partial charge in [0.15, 0.2) is 11.5 Å². The Morgan fingerprint density at radius 3 is 2.57 bits per heavy atom. The minimum atomic E-state index is -0.682. The van der Waals surface area contributed by atoms with E-state index in [0.29, 0.717) is 28.9 Å². The van der Waals surface area contributed by atoms with Crippen molar-refractivity contribution < 1.29 is 24.2 Å². The molecule has 1 aromatic rings. The molecular formula is C16H18BrNO5. The molecule has 7 heteroatoms. The fourth-order valence-electron chi connectivity index (χ4n) is 2.70. The Morgan fingerprint density at radius 1 is 1.35 bits per heavy atom. The average molecular weight is 384 g/mol. The molecule has 1 aliphatic rings. The van der Waals surface area contributed by atoms with E-state index in [-0.39, 0.29) is 11.4 Å². The highest BCUT2D eigenvalue weighted by Gasteiger charge is 2.43. The van der Waals surface area contributed by atoms with Crippen LogP contribution in [0.4, 0.5) is 0 Å². The van der Waals surface area contributed by atoms with Gasteiger partial charge in [0.1, 0.15) is 11.5 Å². The monoisotopic (exact) mass is 383 g/mol. The largest absolute Gasteiger partial charge is 0.503 e. The molecule has 1 aromatic carbocycles. The van der Waals surface area contributed by atoms with Crippen LogP contribution >= 0.6 is 15.9 Å². The van der Waals surface area contributed by atoms with E-state index >= 15 is 0 Å². The van der Waals surface area contributed by atoms with Crippen LogP contribution < -0.4 is 9.47 Å². The predicted molar refractivity (Wildman–Crippen MR) is 88.1 cm³/mol. The van der Waals surface area contributed by atoms with Gasteiger partial charge in [0.25, 0.3) is 5.91 Å². The van der Waals surface area contributed by atoms with E-state index < -0.39 is 17.7 Å². The molecule has 1 N–H and O–H groups in total. The summed E-state index contributed by atoms with van der Waals surface area (Å²) >= 11 is 3.29. The van der Waals surface area contributed by atoms with Gasteiger partial charge in [-0.15, -0.1) is 0 Å². The molecule has 1 aliphatic heterocycles. The standard InChI is InChI=1S/C16H18BrNO5/c1-9(19)13-14(18(7-6-17)16(21)15(13)20)11-5-4-10(22-2)8-12(11)23-3/h4-5,8,14,20H,6-7H2,1-3H3. The molecule has 1 amide bonds. The van der Waals surface area contributed by atoms with E-state index in [9.17, 15) is 14.7 Å². The Bertz CT molecular complexity index is 670. The number of carbonyl (C=O) groups excluding carboxylic acids is 2. The minimum absolute atomic E-state index is 0.0828. The van der Waals surface area contributed by atoms with Crippen molar-refractivity contribution in [2.24, 2.45) is 0 Å². The van der Waals surface area contributed by atoms with Gasteiger partial charge in [-0.25, -0.2) is 0 Å². The molecule has 1 atom stereocenters. The zero-order chi connectivity index (χ0) is 17.1. The zero-order valence-electron chi connectivity index (χ0n) is 13.1. The molecule has 0 bridgehead atoms. The van der Waals surface area contributed by atoms with Crippen LogP contribution in [0.2, 0.25) is 0 Å². The maximum atomic E-state index is 12.3. The molecule has 2 rings (SSSR count). The van der Waals surface area contributed by atoms with Gasteiger partial charge >= 0.3 is 0 Å². The topological polar surface area (TPSA) is 76.1 Å². The molecular weight excluding hydrogens is 366 g/mol. The average Bonchev–Trinajstić information content (AvgIpc) is 2.79. The number of rotatable bonds is 6. The lowest BCUT2D eigenvalue weighted by molar-refractivity contribution is -0.129. The van der Waals surface area contributed by atoms with Gasteiger partial charge in [0, 0.05) is 23.5 Å². The molecule has 124 valence electrons. The molecule has 0 saturated heterocycles. The van der Waals surface area contributed by atoms with E-state index in [1.54, 1.807) is 18.2 Å². The van der Waals surface area contributed by atoms with Crippen LogP contribution in [-0.4, -0.2) is 47.8 Å². The van der Waals surface area contributed by atoms with Gasteiger partial charge in [-0.3, -0.25) is 9.59 Å². The van der Waals surface area contributed by atoms with Gasteiger partial charge in [-0.1, -0.05) is 15.9 Å². The van der Waals surface area contributed by atoms with Crippen LogP contribution in [0.5, 0.6) is 11.5 Å². The van der Waals surface area contributed by atoms with Crippen molar-refractivity contribution in [3.05, 3.63) is 35.1 Å². The second kappa shape index (κ2) is 7.04. The predicted octanol–water partition coefficient (Wildman–Crippen LogP) is 2.38. The quantitative estimate of drug-likeness (QED) is 0.763. The van der Waals surface area contributed by atoms with Crippen LogP contribution in [-0.2, 0) is 9.59 Å². The molecule has 1 unspecified atom stereocenters. The van der Waals surface area contributed by atoms with Gasteiger partial charge < -0.3 is 19.5 Å². The van der Waals surface area contributed by atoms with Crippen molar-refractivity contribution in [2.75, 3.05) is 26.1 Å². The van der Waals surface area contributed by atoms with Crippen molar-refractivity contribution in [3.8, 4) is 11.5 Å². The summed E-state index contributed by atoms with van der Waals surface area (Å²) in [6.07, 6.45) is 0. The lowest BCUT2D eigenvalue weighted by atomic mass is 9.96. The molecule has 23 heavy (non-hydrogen) atoms. The van der Waals surface area contributed by atoms with E-state index in [0.717, 1.165) is 0 Å². The summed E-state index contributed by atoms with van der Waals surface area (Å²) in [4.78, 5) is 25.7. The smallest absolute Gasteiger partial charge is 0.290 e. The van der Waals surface area contributed by atoms with Crippen LogP contribution in [0.1, 0.15) is 18.5 Å². The molecule has 0 spiro atoms. The number of methoxy groups -OCH3 is 2. The third-order valence-electron chi connectivity index (χ3n) is 3.74. The van der Waals surface area contributed by atoms with E-state index in [1.165, 1.54) is 26.0 Å². The third-order valence-corrected chi connectivity index (χ3v) is 4.10. The number of aliphatic hydroxyl groups excluding tert-OH is 1. The number of benzene rings is 1. The second-order valence-electron chi connectivity index (χ2n) is 5.02. The summed E-state index contributed by atoms with van der Waals surface area (Å²) < 4.78 is 10.5. The maximum absolute atomic E-state index is 12.3. The lowest BCUT2D eigenvalue weighted by Crippen LogP contribution is -2.32. The molecule has 1 heterocycles. The first-order valence-corrected chi connectivity index (χ1v) is 8.11. The van der Waals surface area contributed by atoms with Crippen LogP contribution in [0, 0.1) is 0 Å². The minimum Gasteiger partial charge on any atom is -0.503 e. The highest BCUT2D eigenvalue weighted by Crippen LogP contribution is 2.42. The van der Waals surface area contributed by atoms with Crippen molar-refractivity contribution in [3.63, 3.8) is 0 Å². The highest BCUT2D eigenvalue weighted by molar-refractivity contribution is 9.09. The molecule has 0 aromatic heterocycles. The second-order valence-corrected chi connectivity index (χ2v) is 5.81. The van der Waals surface area contributed by atoms with E-state index in [2.05, 4.69) is 15.9 Å². The number of amides is 1. The van der Waals surface area contributed by atoms with Crippen LogP contribution in [0.25, 0.3) is 0 Å². The Morgan fingerprint density at radius 2 is 2.04 bits per heavy atom. The summed E-state index contributed by atoms with van der Waals surface area (Å²) in [6, 6.07) is 4.46. The summed E-state index contributed by atoms with van der Waals surface area (Å²) in [7, 11) is 3.04. The Balaban J connectivity index is 2.61. The number of alkyl halides is 1. The zero-order valence-corrected chi connectivity index (χ0v) is 14.7. The third kappa shape index (κ3) is 3.06. The number of ether oxygens (including phenoxy) is 2. The summed E-state index contributed by atoms with van der Waals surface area (Å²) in [5.41, 5.74) is 0.705. The summed E-state index contributed by atoms with van der Waals surface area (Å²) in [6.45, 7) is 1.68. The fourth-order valence-corrected chi connectivity index (χ4v) is 3.08. The van der Waals surface area contributed by atoms with Gasteiger partial charge in [-0.05, 0) is 19.1 Å². The lowest BCUT2D eigenvalue weighted by Gasteiger charge is -2.27. The SMILES string of the molecule is COc1ccc(C2C(C(C)=O)=C(O)C(=O)N2CCBr)c(OC)c1. The normalized spacial score (nSPS) is 17.7. The number of hydrogen-bond acceptors (Lipinski definition) is 5. The Labute approximate surface area is 142 Å². The number of carbonyl (C=O) groups is 2. The number of hydrogen-bond donors (Lipinski definition) is 1. The van der Waals surface area contributed by atoms with Crippen molar-refractivity contribution in [1.29, 1.82) is 0 Å². The number of aliphatic hydroxyl groups is 1. The van der Waals surface area contributed by atoms with Crippen molar-refractivity contribution >= 4 is 27.6 Å². The van der Waals surface area contributed by atoms with Crippen molar-refractivity contribution in [2.45, 2.75) is 13.0 Å². The van der Waals surface area contributed by atoms with Gasteiger partial charge in [0.05, 0.1) is 25.8 Å². The molecule has 6 nitrogen and oxygen atoms in total. The van der Waals surface area contributed by atoms with Crippen LogP contribution in [0.3, 0.4) is 0 Å². The first-order valence-electron chi connectivity index (χ1n) is 6.99. The van der Waals surface area contributed by atoms with E-state index in [1.807, 2.05) is 0 Å². The molecule has 0 fully saturated rings. The molecule has 0 aliphatic carbocycles. The fraction of sp³-hybridized carbons (Fsp3) is 0.375. The molecule has 0 saturated carbocycles. The van der Waals surface area contributed by atoms with Crippen LogP contribution in [0.15, 0.2) is 29.5 Å². The number of halogens is 1. The number of Topliss-reactive ketones (excluding diaryl/α,β-unsaturated/α-hetero) is 1. The number of ketones is 1.